The van der Waals surface area contributed by atoms with Crippen molar-refractivity contribution >= 4 is 17.3 Å². The van der Waals surface area contributed by atoms with Gasteiger partial charge in [0.25, 0.3) is 5.91 Å². The number of carbonyl (C=O) groups is 1. The average molecular weight is 383 g/mol. The number of aliphatic hydroxyl groups excluding tert-OH is 1. The molecule has 0 radical (unpaired) electrons. The first kappa shape index (κ1) is 20.3. The first-order chi connectivity index (χ1) is 13.7. The summed E-state index contributed by atoms with van der Waals surface area (Å²) in [4.78, 5) is 17.2. The van der Waals surface area contributed by atoms with Gasteiger partial charge in [-0.25, -0.2) is 0 Å². The highest BCUT2D eigenvalue weighted by Crippen LogP contribution is 2.22. The Kier molecular flexibility index (Phi) is 7.42. The van der Waals surface area contributed by atoms with Crippen molar-refractivity contribution in [3.8, 4) is 0 Å². The molecule has 1 aliphatic rings. The molecule has 150 valence electrons. The molecule has 0 spiro atoms. The Bertz CT molecular complexity index is 758. The van der Waals surface area contributed by atoms with Gasteiger partial charge in [0.2, 0.25) is 0 Å². The molecular formula is C22H29N3O3. The molecular weight excluding hydrogens is 354 g/mol. The van der Waals surface area contributed by atoms with E-state index in [2.05, 4.69) is 10.2 Å². The van der Waals surface area contributed by atoms with Crippen LogP contribution in [0, 0.1) is 6.92 Å². The second kappa shape index (κ2) is 10.2. The third-order valence-electron chi connectivity index (χ3n) is 4.94. The zero-order valence-corrected chi connectivity index (χ0v) is 16.4. The Morgan fingerprint density at radius 1 is 1.11 bits per heavy atom. The predicted octanol–water partition coefficient (Wildman–Crippen LogP) is 2.51. The van der Waals surface area contributed by atoms with Crippen LogP contribution in [-0.4, -0.2) is 73.4 Å². The number of aryl methyl sites for hydroxylation is 1. The molecule has 2 N–H and O–H groups in total. The molecule has 28 heavy (non-hydrogen) atoms. The summed E-state index contributed by atoms with van der Waals surface area (Å²) in [6, 6.07) is 15.6. The van der Waals surface area contributed by atoms with Crippen LogP contribution >= 0.6 is 0 Å². The van der Waals surface area contributed by atoms with Crippen molar-refractivity contribution in [1.82, 2.24) is 9.80 Å². The number of amides is 1. The molecule has 1 amide bonds. The Balaban J connectivity index is 1.71. The first-order valence-corrected chi connectivity index (χ1v) is 9.80. The molecule has 1 heterocycles. The maximum Gasteiger partial charge on any atom is 0.256 e. The van der Waals surface area contributed by atoms with Gasteiger partial charge in [0.15, 0.2) is 0 Å². The molecule has 0 bridgehead atoms. The van der Waals surface area contributed by atoms with Gasteiger partial charge in [-0.1, -0.05) is 29.8 Å². The van der Waals surface area contributed by atoms with Gasteiger partial charge in [0, 0.05) is 38.4 Å². The first-order valence-electron chi connectivity index (χ1n) is 9.80. The van der Waals surface area contributed by atoms with Gasteiger partial charge in [0.1, 0.15) is 0 Å². The van der Waals surface area contributed by atoms with Gasteiger partial charge < -0.3 is 20.1 Å². The van der Waals surface area contributed by atoms with Crippen molar-refractivity contribution < 1.29 is 14.6 Å². The van der Waals surface area contributed by atoms with E-state index in [-0.39, 0.29) is 12.5 Å². The summed E-state index contributed by atoms with van der Waals surface area (Å²) in [5.74, 6) is -0.0717. The Labute approximate surface area is 166 Å². The van der Waals surface area contributed by atoms with E-state index < -0.39 is 0 Å². The normalized spacial score (nSPS) is 14.6. The van der Waals surface area contributed by atoms with Crippen LogP contribution in [0.2, 0.25) is 0 Å². The summed E-state index contributed by atoms with van der Waals surface area (Å²) in [6.45, 7) is 6.90. The number of aliphatic hydroxyl groups is 1. The predicted molar refractivity (Wildman–Crippen MR) is 111 cm³/mol. The van der Waals surface area contributed by atoms with Gasteiger partial charge in [-0.05, 0) is 31.2 Å². The number of anilines is 2. The van der Waals surface area contributed by atoms with Crippen LogP contribution in [0.1, 0.15) is 15.9 Å². The molecule has 0 aliphatic carbocycles. The lowest BCUT2D eigenvalue weighted by Crippen LogP contribution is -2.44. The van der Waals surface area contributed by atoms with E-state index in [1.54, 1.807) is 4.90 Å². The standard InChI is InChI=1S/C22H29N3O3/c1-18-6-8-19(9-7-18)23-21-5-3-2-4-20(21)22(27)25(12-15-26)11-10-24-13-16-28-17-14-24/h2-9,23,26H,10-17H2,1H3. The van der Waals surface area contributed by atoms with Crippen LogP contribution in [0.3, 0.4) is 0 Å². The Hall–Kier alpha value is -2.41. The molecule has 0 atom stereocenters. The number of morpholine rings is 1. The van der Waals surface area contributed by atoms with Crippen LogP contribution in [0.5, 0.6) is 0 Å². The van der Waals surface area contributed by atoms with E-state index in [0.717, 1.165) is 44.2 Å². The smallest absolute Gasteiger partial charge is 0.256 e. The molecule has 2 aromatic rings. The fourth-order valence-corrected chi connectivity index (χ4v) is 3.26. The summed E-state index contributed by atoms with van der Waals surface area (Å²) < 4.78 is 5.38. The largest absolute Gasteiger partial charge is 0.395 e. The summed E-state index contributed by atoms with van der Waals surface area (Å²) in [6.07, 6.45) is 0. The summed E-state index contributed by atoms with van der Waals surface area (Å²) in [5.41, 5.74) is 3.50. The molecule has 6 nitrogen and oxygen atoms in total. The monoisotopic (exact) mass is 383 g/mol. The number of carbonyl (C=O) groups excluding carboxylic acids is 1. The van der Waals surface area contributed by atoms with E-state index in [0.29, 0.717) is 18.7 Å². The van der Waals surface area contributed by atoms with E-state index in [1.165, 1.54) is 5.56 Å². The number of ether oxygens (including phenoxy) is 1. The number of hydrogen-bond acceptors (Lipinski definition) is 5. The van der Waals surface area contributed by atoms with Crippen molar-refractivity contribution in [2.75, 3.05) is 57.9 Å². The Morgan fingerprint density at radius 3 is 2.54 bits per heavy atom. The van der Waals surface area contributed by atoms with E-state index in [1.807, 2.05) is 55.5 Å². The number of rotatable bonds is 8. The number of nitrogens with zero attached hydrogens (tertiary/aromatic N) is 2. The molecule has 1 aliphatic heterocycles. The van der Waals surface area contributed by atoms with Crippen molar-refractivity contribution in [3.63, 3.8) is 0 Å². The van der Waals surface area contributed by atoms with Gasteiger partial charge in [0.05, 0.1) is 31.1 Å². The highest BCUT2D eigenvalue weighted by Gasteiger charge is 2.20. The minimum Gasteiger partial charge on any atom is -0.395 e. The van der Waals surface area contributed by atoms with Crippen LogP contribution in [-0.2, 0) is 4.74 Å². The molecule has 2 aromatic carbocycles. The lowest BCUT2D eigenvalue weighted by molar-refractivity contribution is 0.0315. The van der Waals surface area contributed by atoms with Crippen LogP contribution in [0.25, 0.3) is 0 Å². The van der Waals surface area contributed by atoms with Gasteiger partial charge in [-0.2, -0.15) is 0 Å². The lowest BCUT2D eigenvalue weighted by Gasteiger charge is -2.30. The maximum absolute atomic E-state index is 13.2. The van der Waals surface area contributed by atoms with Crippen molar-refractivity contribution in [3.05, 3.63) is 59.7 Å². The van der Waals surface area contributed by atoms with E-state index in [4.69, 9.17) is 4.74 Å². The molecule has 6 heteroatoms. The van der Waals surface area contributed by atoms with Crippen LogP contribution in [0.15, 0.2) is 48.5 Å². The lowest BCUT2D eigenvalue weighted by atomic mass is 10.1. The van der Waals surface area contributed by atoms with Crippen molar-refractivity contribution in [1.29, 1.82) is 0 Å². The van der Waals surface area contributed by atoms with Crippen LogP contribution < -0.4 is 5.32 Å². The van der Waals surface area contributed by atoms with Gasteiger partial charge in [-0.3, -0.25) is 9.69 Å². The molecule has 1 fully saturated rings. The highest BCUT2D eigenvalue weighted by molar-refractivity contribution is 6.00. The van der Waals surface area contributed by atoms with Gasteiger partial charge in [-0.15, -0.1) is 0 Å². The topological polar surface area (TPSA) is 65.0 Å². The van der Waals surface area contributed by atoms with Crippen LogP contribution in [0.4, 0.5) is 11.4 Å². The SMILES string of the molecule is Cc1ccc(Nc2ccccc2C(=O)N(CCO)CCN2CCOCC2)cc1. The van der Waals surface area contributed by atoms with E-state index >= 15 is 0 Å². The Morgan fingerprint density at radius 2 is 1.82 bits per heavy atom. The highest BCUT2D eigenvalue weighted by atomic mass is 16.5. The summed E-state index contributed by atoms with van der Waals surface area (Å²) in [5, 5.41) is 12.8. The zero-order valence-electron chi connectivity index (χ0n) is 16.4. The van der Waals surface area contributed by atoms with Crippen molar-refractivity contribution in [2.24, 2.45) is 0 Å². The molecule has 0 saturated carbocycles. The maximum atomic E-state index is 13.2. The molecule has 0 aromatic heterocycles. The molecule has 1 saturated heterocycles. The number of benzene rings is 2. The number of nitrogens with one attached hydrogen (secondary N) is 1. The fraction of sp³-hybridized carbons (Fsp3) is 0.409. The third-order valence-corrected chi connectivity index (χ3v) is 4.94. The van der Waals surface area contributed by atoms with Crippen molar-refractivity contribution in [2.45, 2.75) is 6.92 Å². The summed E-state index contributed by atoms with van der Waals surface area (Å²) in [7, 11) is 0. The minimum absolute atomic E-state index is 0.0532. The second-order valence-corrected chi connectivity index (χ2v) is 7.01. The third kappa shape index (κ3) is 5.55. The molecule has 0 unspecified atom stereocenters. The second-order valence-electron chi connectivity index (χ2n) is 7.01. The van der Waals surface area contributed by atoms with E-state index in [9.17, 15) is 9.90 Å². The minimum atomic E-state index is -0.0717. The summed E-state index contributed by atoms with van der Waals surface area (Å²) >= 11 is 0. The number of para-hydroxylation sites is 1. The fourth-order valence-electron chi connectivity index (χ4n) is 3.26. The quantitative estimate of drug-likeness (QED) is 0.733. The zero-order chi connectivity index (χ0) is 19.8. The average Bonchev–Trinajstić information content (AvgIpc) is 2.73. The van der Waals surface area contributed by atoms with Gasteiger partial charge >= 0.3 is 0 Å². The number of hydrogen-bond donors (Lipinski definition) is 2. The molecule has 3 rings (SSSR count).